The monoisotopic (exact) mass is 666 g/mol. The zero-order valence-electron chi connectivity index (χ0n) is 25.1. The number of nitrogens with zero attached hydrogens (tertiary/aromatic N) is 4. The van der Waals surface area contributed by atoms with Gasteiger partial charge in [0.05, 0.1) is 0 Å². The predicted octanol–water partition coefficient (Wildman–Crippen LogP) is 6.42. The van der Waals surface area contributed by atoms with Crippen molar-refractivity contribution in [2.45, 2.75) is 105 Å². The van der Waals surface area contributed by atoms with Gasteiger partial charge in [-0.2, -0.15) is 0 Å². The molecule has 0 aromatic carbocycles. The standard InChI is InChI=1S/C30H58N4O2.2BrH/c1-5-33(6-2)29(35)27-17-23-31(24-18-27)21-15-13-11-9-10-12-14-16-22-32-25-19-28(20-26-32)30(36)34(7-3)8-4;;/h27-28H,5-26H2,1-4H3;2*1H. The van der Waals surface area contributed by atoms with Crippen molar-refractivity contribution in [3.63, 3.8) is 0 Å². The summed E-state index contributed by atoms with van der Waals surface area (Å²) in [4.78, 5) is 34.2. The molecule has 8 heteroatoms. The highest BCUT2D eigenvalue weighted by Crippen LogP contribution is 2.22. The first-order valence-corrected chi connectivity index (χ1v) is 15.6. The summed E-state index contributed by atoms with van der Waals surface area (Å²) < 4.78 is 0. The van der Waals surface area contributed by atoms with Gasteiger partial charge in [-0.3, -0.25) is 9.59 Å². The lowest BCUT2D eigenvalue weighted by Gasteiger charge is -2.33. The van der Waals surface area contributed by atoms with Gasteiger partial charge in [-0.25, -0.2) is 0 Å². The predicted molar refractivity (Wildman–Crippen MR) is 172 cm³/mol. The minimum absolute atomic E-state index is 0. The topological polar surface area (TPSA) is 47.1 Å². The van der Waals surface area contributed by atoms with Crippen LogP contribution in [0.5, 0.6) is 0 Å². The first-order valence-electron chi connectivity index (χ1n) is 15.6. The maximum absolute atomic E-state index is 12.5. The van der Waals surface area contributed by atoms with Crippen molar-refractivity contribution in [1.82, 2.24) is 19.6 Å². The second-order valence-electron chi connectivity index (χ2n) is 11.1. The summed E-state index contributed by atoms with van der Waals surface area (Å²) in [5.41, 5.74) is 0. The minimum Gasteiger partial charge on any atom is -0.343 e. The number of likely N-dealkylation sites (tertiary alicyclic amines) is 2. The van der Waals surface area contributed by atoms with Crippen LogP contribution in [0.15, 0.2) is 0 Å². The van der Waals surface area contributed by atoms with Crippen LogP contribution in [-0.2, 0) is 9.59 Å². The third kappa shape index (κ3) is 13.5. The summed E-state index contributed by atoms with van der Waals surface area (Å²) in [6.45, 7) is 18.5. The van der Waals surface area contributed by atoms with Gasteiger partial charge in [0.25, 0.3) is 0 Å². The average molecular weight is 669 g/mol. The second-order valence-corrected chi connectivity index (χ2v) is 11.1. The molecule has 0 atom stereocenters. The quantitative estimate of drug-likeness (QED) is 0.168. The molecule has 0 spiro atoms. The first-order chi connectivity index (χ1) is 17.5. The number of carbonyl (C=O) groups excluding carboxylic acids is 2. The van der Waals surface area contributed by atoms with Crippen LogP contribution in [0.3, 0.4) is 0 Å². The Labute approximate surface area is 256 Å². The van der Waals surface area contributed by atoms with Crippen molar-refractivity contribution >= 4 is 45.8 Å². The number of unbranched alkanes of at least 4 members (excludes halogenated alkanes) is 7. The zero-order valence-corrected chi connectivity index (χ0v) is 28.6. The lowest BCUT2D eigenvalue weighted by molar-refractivity contribution is -0.137. The van der Waals surface area contributed by atoms with Crippen LogP contribution < -0.4 is 0 Å². The molecule has 0 bridgehead atoms. The molecule has 0 N–H and O–H groups in total. The van der Waals surface area contributed by atoms with Crippen molar-refractivity contribution in [3.05, 3.63) is 0 Å². The van der Waals surface area contributed by atoms with Crippen LogP contribution in [0.25, 0.3) is 0 Å². The van der Waals surface area contributed by atoms with E-state index < -0.39 is 0 Å². The fraction of sp³-hybridized carbons (Fsp3) is 0.933. The van der Waals surface area contributed by atoms with Gasteiger partial charge in [-0.15, -0.1) is 34.0 Å². The molecule has 0 saturated carbocycles. The van der Waals surface area contributed by atoms with Crippen molar-refractivity contribution in [3.8, 4) is 0 Å². The normalized spacial score (nSPS) is 17.5. The molecule has 2 heterocycles. The van der Waals surface area contributed by atoms with Gasteiger partial charge in [0, 0.05) is 38.0 Å². The Morgan fingerprint density at radius 2 is 0.789 bits per heavy atom. The highest BCUT2D eigenvalue weighted by Gasteiger charge is 2.28. The average Bonchev–Trinajstić information content (AvgIpc) is 2.91. The largest absolute Gasteiger partial charge is 0.343 e. The number of piperidine rings is 2. The number of amides is 2. The fourth-order valence-electron chi connectivity index (χ4n) is 6.13. The van der Waals surface area contributed by atoms with E-state index in [0.717, 1.165) is 78.0 Å². The Bertz CT molecular complexity index is 549. The highest BCUT2D eigenvalue weighted by molar-refractivity contribution is 8.93. The Morgan fingerprint density at radius 3 is 1.05 bits per heavy atom. The number of hydrogen-bond donors (Lipinski definition) is 0. The van der Waals surface area contributed by atoms with E-state index in [9.17, 15) is 9.59 Å². The van der Waals surface area contributed by atoms with Gasteiger partial charge in [0.15, 0.2) is 0 Å². The summed E-state index contributed by atoms with van der Waals surface area (Å²) in [5, 5.41) is 0. The van der Waals surface area contributed by atoms with Gasteiger partial charge in [0.2, 0.25) is 11.8 Å². The molecule has 6 nitrogen and oxygen atoms in total. The summed E-state index contributed by atoms with van der Waals surface area (Å²) in [6.07, 6.45) is 15.0. The summed E-state index contributed by atoms with van der Waals surface area (Å²) in [5.74, 6) is 1.28. The minimum atomic E-state index is 0. The zero-order chi connectivity index (χ0) is 26.2. The lowest BCUT2D eigenvalue weighted by atomic mass is 9.95. The molecule has 2 amide bonds. The number of carbonyl (C=O) groups is 2. The van der Waals surface area contributed by atoms with Crippen LogP contribution in [0.1, 0.15) is 105 Å². The van der Waals surface area contributed by atoms with Gasteiger partial charge in [-0.1, -0.05) is 38.5 Å². The Kier molecular flexibility index (Phi) is 22.4. The molecule has 0 unspecified atom stereocenters. The highest BCUT2D eigenvalue weighted by atomic mass is 79.9. The first kappa shape index (κ1) is 37.8. The van der Waals surface area contributed by atoms with E-state index in [1.165, 1.54) is 64.5 Å². The van der Waals surface area contributed by atoms with E-state index in [2.05, 4.69) is 37.5 Å². The second kappa shape index (κ2) is 22.5. The van der Waals surface area contributed by atoms with Gasteiger partial charge in [-0.05, 0) is 105 Å². The Morgan fingerprint density at radius 1 is 0.526 bits per heavy atom. The van der Waals surface area contributed by atoms with Crippen molar-refractivity contribution in [2.75, 3.05) is 65.4 Å². The summed E-state index contributed by atoms with van der Waals surface area (Å²) in [7, 11) is 0. The van der Waals surface area contributed by atoms with Crippen molar-refractivity contribution < 1.29 is 9.59 Å². The van der Waals surface area contributed by atoms with Crippen molar-refractivity contribution in [1.29, 1.82) is 0 Å². The number of halogens is 2. The van der Waals surface area contributed by atoms with E-state index in [4.69, 9.17) is 0 Å². The molecule has 0 aromatic rings. The van der Waals surface area contributed by atoms with Crippen LogP contribution in [0.4, 0.5) is 0 Å². The third-order valence-electron chi connectivity index (χ3n) is 8.72. The Hall–Kier alpha value is -0.180. The van der Waals surface area contributed by atoms with E-state index in [0.29, 0.717) is 11.8 Å². The van der Waals surface area contributed by atoms with E-state index in [1.54, 1.807) is 0 Å². The maximum atomic E-state index is 12.5. The van der Waals surface area contributed by atoms with E-state index in [-0.39, 0.29) is 45.8 Å². The number of rotatable bonds is 17. The summed E-state index contributed by atoms with van der Waals surface area (Å²) >= 11 is 0. The molecule has 0 radical (unpaired) electrons. The van der Waals surface area contributed by atoms with Crippen LogP contribution in [-0.4, -0.2) is 96.9 Å². The fourth-order valence-corrected chi connectivity index (χ4v) is 6.13. The lowest BCUT2D eigenvalue weighted by Crippen LogP contribution is -2.42. The van der Waals surface area contributed by atoms with Crippen LogP contribution in [0, 0.1) is 11.8 Å². The molecule has 2 saturated heterocycles. The smallest absolute Gasteiger partial charge is 0.225 e. The molecule has 2 aliphatic rings. The van der Waals surface area contributed by atoms with E-state index in [1.807, 2.05) is 9.80 Å². The SMILES string of the molecule is Br.Br.CCN(CC)C(=O)C1CCN(CCCCCCCCCCN2CCC(C(=O)N(CC)CC)CC2)CC1. The molecular weight excluding hydrogens is 608 g/mol. The molecule has 2 fully saturated rings. The number of hydrogen-bond acceptors (Lipinski definition) is 4. The molecule has 2 aliphatic heterocycles. The van der Waals surface area contributed by atoms with Gasteiger partial charge < -0.3 is 19.6 Å². The molecular formula is C30H60Br2N4O2. The van der Waals surface area contributed by atoms with Gasteiger partial charge in [0.1, 0.15) is 0 Å². The molecule has 38 heavy (non-hydrogen) atoms. The summed E-state index contributed by atoms with van der Waals surface area (Å²) in [6, 6.07) is 0. The molecule has 2 rings (SSSR count). The Balaban J connectivity index is 0.00000684. The van der Waals surface area contributed by atoms with E-state index >= 15 is 0 Å². The molecule has 0 aliphatic carbocycles. The van der Waals surface area contributed by atoms with Gasteiger partial charge >= 0.3 is 0 Å². The van der Waals surface area contributed by atoms with Crippen molar-refractivity contribution in [2.24, 2.45) is 11.8 Å². The molecule has 0 aromatic heterocycles. The maximum Gasteiger partial charge on any atom is 0.225 e. The van der Waals surface area contributed by atoms with Crippen LogP contribution >= 0.6 is 34.0 Å². The molecule has 226 valence electrons. The van der Waals surface area contributed by atoms with Crippen LogP contribution in [0.2, 0.25) is 0 Å². The third-order valence-corrected chi connectivity index (χ3v) is 8.72.